The van der Waals surface area contributed by atoms with Crippen LogP contribution in [0.15, 0.2) is 18.2 Å². The Bertz CT molecular complexity index is 701. The molecule has 1 fully saturated rings. The van der Waals surface area contributed by atoms with Crippen molar-refractivity contribution < 1.29 is 13.2 Å². The average Bonchev–Trinajstić information content (AvgIpc) is 2.50. The van der Waals surface area contributed by atoms with Crippen LogP contribution in [0.3, 0.4) is 0 Å². The normalized spacial score (nSPS) is 16.6. The number of hydrogen-bond donors (Lipinski definition) is 3. The first-order valence-electron chi connectivity index (χ1n) is 8.31. The number of benzene rings is 1. The van der Waals surface area contributed by atoms with Crippen molar-refractivity contribution in [3.8, 4) is 0 Å². The van der Waals surface area contributed by atoms with Crippen molar-refractivity contribution in [2.24, 2.45) is 11.1 Å². The molecule has 1 aromatic rings. The Balaban J connectivity index is 0.00000312. The lowest BCUT2D eigenvalue weighted by Crippen LogP contribution is -2.36. The van der Waals surface area contributed by atoms with Crippen LogP contribution in [0.25, 0.3) is 0 Å². The number of aryl methyl sites for hydroxylation is 1. The molecule has 0 aromatic heterocycles. The molecule has 0 spiro atoms. The van der Waals surface area contributed by atoms with E-state index in [0.717, 1.165) is 37.5 Å². The number of carbonyl (C=O) groups is 1. The highest BCUT2D eigenvalue weighted by molar-refractivity contribution is 7.92. The second-order valence-electron chi connectivity index (χ2n) is 6.89. The first-order valence-corrected chi connectivity index (χ1v) is 10.2. The lowest BCUT2D eigenvalue weighted by atomic mass is 9.71. The zero-order valence-corrected chi connectivity index (χ0v) is 16.4. The maximum atomic E-state index is 12.4. The van der Waals surface area contributed by atoms with E-state index in [1.165, 1.54) is 6.42 Å². The summed E-state index contributed by atoms with van der Waals surface area (Å²) < 4.78 is 25.3. The smallest absolute Gasteiger partial charge is 0.229 e. The second kappa shape index (κ2) is 8.87. The summed E-state index contributed by atoms with van der Waals surface area (Å²) in [7, 11) is -3.36. The lowest BCUT2D eigenvalue weighted by molar-refractivity contribution is -0.118. The van der Waals surface area contributed by atoms with Crippen molar-refractivity contribution in [1.29, 1.82) is 0 Å². The summed E-state index contributed by atoms with van der Waals surface area (Å²) in [6, 6.07) is 5.20. The number of carbonyl (C=O) groups excluding carboxylic acids is 1. The van der Waals surface area contributed by atoms with Gasteiger partial charge in [-0.3, -0.25) is 9.52 Å². The van der Waals surface area contributed by atoms with Crippen molar-refractivity contribution >= 4 is 39.7 Å². The van der Waals surface area contributed by atoms with E-state index in [0.29, 0.717) is 24.3 Å². The fraction of sp³-hybridized carbons (Fsp3) is 0.588. The Hall–Kier alpha value is -1.31. The van der Waals surface area contributed by atoms with Crippen molar-refractivity contribution in [3.05, 3.63) is 23.8 Å². The van der Waals surface area contributed by atoms with Crippen molar-refractivity contribution in [2.75, 3.05) is 22.8 Å². The molecule has 1 aromatic carbocycles. The topological polar surface area (TPSA) is 101 Å². The zero-order chi connectivity index (χ0) is 17.8. The van der Waals surface area contributed by atoms with Gasteiger partial charge in [0.25, 0.3) is 0 Å². The number of hydrogen-bond acceptors (Lipinski definition) is 4. The van der Waals surface area contributed by atoms with Gasteiger partial charge < -0.3 is 11.1 Å². The molecule has 6 nitrogen and oxygen atoms in total. The third kappa shape index (κ3) is 6.49. The third-order valence-electron chi connectivity index (χ3n) is 4.70. The van der Waals surface area contributed by atoms with Crippen LogP contribution in [0.5, 0.6) is 0 Å². The average molecular weight is 390 g/mol. The van der Waals surface area contributed by atoms with Gasteiger partial charge in [0.05, 0.1) is 11.9 Å². The molecule has 8 heteroatoms. The summed E-state index contributed by atoms with van der Waals surface area (Å²) in [5.74, 6) is -0.0727. The molecule has 0 atom stereocenters. The number of rotatable bonds is 6. The highest BCUT2D eigenvalue weighted by atomic mass is 35.5. The van der Waals surface area contributed by atoms with Gasteiger partial charge >= 0.3 is 0 Å². The third-order valence-corrected chi connectivity index (χ3v) is 5.29. The Kier molecular flexibility index (Phi) is 7.71. The summed E-state index contributed by atoms with van der Waals surface area (Å²) in [5.41, 5.74) is 7.69. The largest absolute Gasteiger partial charge is 0.330 e. The van der Waals surface area contributed by atoms with Gasteiger partial charge in [0.2, 0.25) is 15.9 Å². The van der Waals surface area contributed by atoms with Crippen LogP contribution >= 0.6 is 12.4 Å². The molecule has 2 rings (SSSR count). The first-order chi connectivity index (χ1) is 11.2. The Morgan fingerprint density at radius 3 is 2.44 bits per heavy atom. The molecule has 1 aliphatic carbocycles. The molecule has 0 aliphatic heterocycles. The summed E-state index contributed by atoms with van der Waals surface area (Å²) in [6.07, 6.45) is 6.95. The van der Waals surface area contributed by atoms with Gasteiger partial charge in [0, 0.05) is 12.1 Å². The number of halogens is 1. The van der Waals surface area contributed by atoms with Crippen LogP contribution in [-0.2, 0) is 14.8 Å². The monoisotopic (exact) mass is 389 g/mol. The van der Waals surface area contributed by atoms with E-state index in [4.69, 9.17) is 5.73 Å². The SMILES string of the molecule is Cc1ccc(NC(=O)CC2(CN)CCCCC2)cc1NS(C)(=O)=O.Cl. The van der Waals surface area contributed by atoms with Gasteiger partial charge in [0.15, 0.2) is 0 Å². The predicted molar refractivity (Wildman–Crippen MR) is 105 cm³/mol. The molecule has 0 saturated heterocycles. The van der Waals surface area contributed by atoms with Crippen LogP contribution in [-0.4, -0.2) is 27.1 Å². The molecule has 0 unspecified atom stereocenters. The van der Waals surface area contributed by atoms with Gasteiger partial charge in [-0.15, -0.1) is 12.4 Å². The number of nitrogens with one attached hydrogen (secondary N) is 2. The highest BCUT2D eigenvalue weighted by Crippen LogP contribution is 2.38. The zero-order valence-electron chi connectivity index (χ0n) is 14.8. The molecular formula is C17H28ClN3O3S. The Labute approximate surface area is 156 Å². The van der Waals surface area contributed by atoms with Gasteiger partial charge in [0.1, 0.15) is 0 Å². The van der Waals surface area contributed by atoms with Gasteiger partial charge in [-0.2, -0.15) is 0 Å². The quantitative estimate of drug-likeness (QED) is 0.695. The summed E-state index contributed by atoms with van der Waals surface area (Å²) in [6.45, 7) is 2.33. The molecule has 0 heterocycles. The predicted octanol–water partition coefficient (Wildman–Crippen LogP) is 3.03. The molecule has 0 radical (unpaired) electrons. The van der Waals surface area contributed by atoms with Gasteiger partial charge in [-0.05, 0) is 49.4 Å². The Morgan fingerprint density at radius 2 is 1.88 bits per heavy atom. The minimum absolute atomic E-state index is 0. The van der Waals surface area contributed by atoms with E-state index in [1.807, 2.05) is 6.92 Å². The van der Waals surface area contributed by atoms with Crippen LogP contribution in [0.4, 0.5) is 11.4 Å². The molecule has 25 heavy (non-hydrogen) atoms. The standard InChI is InChI=1S/C17H27N3O3S.ClH/c1-13-6-7-14(10-15(13)20-24(2,22)23)19-16(21)11-17(12-18)8-4-3-5-9-17;/h6-7,10,20H,3-5,8-9,11-12,18H2,1-2H3,(H,19,21);1H. The van der Waals surface area contributed by atoms with E-state index in [2.05, 4.69) is 10.0 Å². The molecule has 1 amide bonds. The summed E-state index contributed by atoms with van der Waals surface area (Å²) >= 11 is 0. The molecule has 142 valence electrons. The number of amides is 1. The molecule has 1 aliphatic rings. The van der Waals surface area contributed by atoms with Crippen LogP contribution in [0, 0.1) is 12.3 Å². The van der Waals surface area contributed by atoms with E-state index in [1.54, 1.807) is 18.2 Å². The van der Waals surface area contributed by atoms with Crippen LogP contribution in [0.2, 0.25) is 0 Å². The number of sulfonamides is 1. The lowest BCUT2D eigenvalue weighted by Gasteiger charge is -2.35. The van der Waals surface area contributed by atoms with E-state index < -0.39 is 10.0 Å². The van der Waals surface area contributed by atoms with Crippen LogP contribution < -0.4 is 15.8 Å². The second-order valence-corrected chi connectivity index (χ2v) is 8.64. The number of nitrogens with two attached hydrogens (primary N) is 1. The van der Waals surface area contributed by atoms with Crippen LogP contribution in [0.1, 0.15) is 44.1 Å². The van der Waals surface area contributed by atoms with Crippen molar-refractivity contribution in [2.45, 2.75) is 45.4 Å². The van der Waals surface area contributed by atoms with Gasteiger partial charge in [-0.25, -0.2) is 8.42 Å². The van der Waals surface area contributed by atoms with Crippen molar-refractivity contribution in [1.82, 2.24) is 0 Å². The van der Waals surface area contributed by atoms with Crippen molar-refractivity contribution in [3.63, 3.8) is 0 Å². The van der Waals surface area contributed by atoms with E-state index >= 15 is 0 Å². The van der Waals surface area contributed by atoms with Gasteiger partial charge in [-0.1, -0.05) is 25.3 Å². The molecule has 0 bridgehead atoms. The Morgan fingerprint density at radius 1 is 1.24 bits per heavy atom. The molecule has 4 N–H and O–H groups in total. The minimum atomic E-state index is -3.36. The summed E-state index contributed by atoms with van der Waals surface area (Å²) in [4.78, 5) is 12.4. The van der Waals surface area contributed by atoms with E-state index in [-0.39, 0.29) is 23.7 Å². The fourth-order valence-corrected chi connectivity index (χ4v) is 3.93. The number of anilines is 2. The molecular weight excluding hydrogens is 362 g/mol. The molecule has 1 saturated carbocycles. The first kappa shape index (κ1) is 21.7. The fourth-order valence-electron chi connectivity index (χ4n) is 3.31. The highest BCUT2D eigenvalue weighted by Gasteiger charge is 2.32. The maximum absolute atomic E-state index is 12.4. The summed E-state index contributed by atoms with van der Waals surface area (Å²) in [5, 5.41) is 2.87. The maximum Gasteiger partial charge on any atom is 0.229 e. The van der Waals surface area contributed by atoms with E-state index in [9.17, 15) is 13.2 Å². The minimum Gasteiger partial charge on any atom is -0.330 e.